The summed E-state index contributed by atoms with van der Waals surface area (Å²) in [7, 11) is 0. The second-order valence-electron chi connectivity index (χ2n) is 9.06. The Bertz CT molecular complexity index is 635. The molecule has 8 heteroatoms. The Morgan fingerprint density at radius 1 is 1.28 bits per heavy atom. The van der Waals surface area contributed by atoms with Gasteiger partial charge in [0.1, 0.15) is 11.6 Å². The van der Waals surface area contributed by atoms with Crippen LogP contribution in [-0.2, 0) is 9.53 Å². The third kappa shape index (κ3) is 9.58. The van der Waals surface area contributed by atoms with E-state index in [1.54, 1.807) is 45.7 Å². The minimum Gasteiger partial charge on any atom is -0.444 e. The fourth-order valence-corrected chi connectivity index (χ4v) is 3.71. The van der Waals surface area contributed by atoms with Gasteiger partial charge in [-0.05, 0) is 67.2 Å². The zero-order chi connectivity index (χ0) is 22.2. The predicted octanol–water partition coefficient (Wildman–Crippen LogP) is 4.50. The number of aromatic nitrogens is 1. The van der Waals surface area contributed by atoms with Crippen molar-refractivity contribution < 1.29 is 19.4 Å². The van der Waals surface area contributed by atoms with E-state index in [2.05, 4.69) is 10.3 Å². The SMILES string of the molecule is CCCC(NC(=O)OC(C)(C)C)C(=O)N(c1nccs1)C(C)CCCC(C)(C)O. The second kappa shape index (κ2) is 10.9. The second-order valence-corrected chi connectivity index (χ2v) is 9.94. The summed E-state index contributed by atoms with van der Waals surface area (Å²) in [4.78, 5) is 31.7. The van der Waals surface area contributed by atoms with Gasteiger partial charge >= 0.3 is 6.09 Å². The Hall–Kier alpha value is -1.67. The number of rotatable bonds is 10. The van der Waals surface area contributed by atoms with Crippen molar-refractivity contribution in [3.05, 3.63) is 11.6 Å². The number of ether oxygens (including phenoxy) is 1. The lowest BCUT2D eigenvalue weighted by atomic mass is 9.99. The molecule has 0 bridgehead atoms. The number of carbonyl (C=O) groups is 2. The first-order valence-electron chi connectivity index (χ1n) is 10.3. The Morgan fingerprint density at radius 2 is 1.93 bits per heavy atom. The highest BCUT2D eigenvalue weighted by atomic mass is 32.1. The summed E-state index contributed by atoms with van der Waals surface area (Å²) in [5.74, 6) is -0.191. The summed E-state index contributed by atoms with van der Waals surface area (Å²) in [6, 6.07) is -0.800. The minimum absolute atomic E-state index is 0.115. The molecule has 1 rings (SSSR count). The molecule has 0 radical (unpaired) electrons. The van der Waals surface area contributed by atoms with Gasteiger partial charge in [-0.1, -0.05) is 13.3 Å². The van der Waals surface area contributed by atoms with Crippen LogP contribution in [0.4, 0.5) is 9.93 Å². The Labute approximate surface area is 178 Å². The molecule has 0 fully saturated rings. The largest absolute Gasteiger partial charge is 0.444 e. The number of amides is 2. The average molecular weight is 428 g/mol. The number of thiazole rings is 1. The zero-order valence-electron chi connectivity index (χ0n) is 18.8. The van der Waals surface area contributed by atoms with Crippen molar-refractivity contribution in [1.82, 2.24) is 10.3 Å². The van der Waals surface area contributed by atoms with Crippen molar-refractivity contribution in [3.8, 4) is 0 Å². The van der Waals surface area contributed by atoms with E-state index in [4.69, 9.17) is 4.74 Å². The molecule has 1 aromatic rings. The molecule has 2 atom stereocenters. The molecule has 0 spiro atoms. The van der Waals surface area contributed by atoms with Gasteiger partial charge in [0.25, 0.3) is 5.91 Å². The quantitative estimate of drug-likeness (QED) is 0.574. The Morgan fingerprint density at radius 3 is 2.41 bits per heavy atom. The molecule has 0 saturated heterocycles. The van der Waals surface area contributed by atoms with Crippen molar-refractivity contribution in [3.63, 3.8) is 0 Å². The number of anilines is 1. The molecular weight excluding hydrogens is 390 g/mol. The lowest BCUT2D eigenvalue weighted by Gasteiger charge is -2.31. The Balaban J connectivity index is 2.96. The first-order valence-corrected chi connectivity index (χ1v) is 11.2. The maximum atomic E-state index is 13.4. The van der Waals surface area contributed by atoms with Crippen LogP contribution in [0.3, 0.4) is 0 Å². The molecule has 1 aromatic heterocycles. The molecule has 1 heterocycles. The van der Waals surface area contributed by atoms with Gasteiger partial charge in [0.2, 0.25) is 0 Å². The van der Waals surface area contributed by atoms with Gasteiger partial charge in [-0.2, -0.15) is 0 Å². The molecule has 166 valence electrons. The molecule has 2 N–H and O–H groups in total. The van der Waals surface area contributed by atoms with Gasteiger partial charge in [-0.3, -0.25) is 9.69 Å². The third-order valence-corrected chi connectivity index (χ3v) is 5.05. The summed E-state index contributed by atoms with van der Waals surface area (Å²) >= 11 is 1.39. The van der Waals surface area contributed by atoms with E-state index in [0.29, 0.717) is 18.0 Å². The number of aliphatic hydroxyl groups is 1. The lowest BCUT2D eigenvalue weighted by molar-refractivity contribution is -0.121. The van der Waals surface area contributed by atoms with Gasteiger partial charge in [-0.25, -0.2) is 9.78 Å². The summed E-state index contributed by atoms with van der Waals surface area (Å²) in [5.41, 5.74) is -1.37. The molecule has 0 aliphatic heterocycles. The lowest BCUT2D eigenvalue weighted by Crippen LogP contribution is -2.52. The number of hydrogen-bond acceptors (Lipinski definition) is 6. The van der Waals surface area contributed by atoms with Gasteiger partial charge in [0, 0.05) is 17.6 Å². The fourth-order valence-electron chi connectivity index (χ4n) is 2.96. The van der Waals surface area contributed by atoms with Crippen LogP contribution in [0.1, 0.15) is 80.6 Å². The highest BCUT2D eigenvalue weighted by Gasteiger charge is 2.32. The molecule has 7 nitrogen and oxygen atoms in total. The van der Waals surface area contributed by atoms with Gasteiger partial charge in [0.05, 0.1) is 5.60 Å². The van der Waals surface area contributed by atoms with E-state index in [1.807, 2.05) is 19.2 Å². The molecule has 0 aliphatic carbocycles. The van der Waals surface area contributed by atoms with Crippen LogP contribution in [0.25, 0.3) is 0 Å². The first-order chi connectivity index (χ1) is 13.3. The summed E-state index contributed by atoms with van der Waals surface area (Å²) in [6.45, 7) is 12.9. The van der Waals surface area contributed by atoms with Crippen molar-refractivity contribution >= 4 is 28.5 Å². The molecule has 0 aromatic carbocycles. The maximum absolute atomic E-state index is 13.4. The number of alkyl carbamates (subject to hydrolysis) is 1. The van der Waals surface area contributed by atoms with Crippen LogP contribution in [0, 0.1) is 0 Å². The minimum atomic E-state index is -0.737. The molecule has 2 amide bonds. The van der Waals surface area contributed by atoms with Crippen LogP contribution in [-0.4, -0.2) is 45.4 Å². The number of hydrogen-bond donors (Lipinski definition) is 2. The normalized spacial score (nSPS) is 14.2. The van der Waals surface area contributed by atoms with Gasteiger partial charge in [0.15, 0.2) is 5.13 Å². The predicted molar refractivity (Wildman–Crippen MR) is 117 cm³/mol. The molecule has 0 aliphatic rings. The van der Waals surface area contributed by atoms with Crippen molar-refractivity contribution in [2.24, 2.45) is 0 Å². The van der Waals surface area contributed by atoms with E-state index in [9.17, 15) is 14.7 Å². The van der Waals surface area contributed by atoms with E-state index < -0.39 is 23.3 Å². The van der Waals surface area contributed by atoms with Gasteiger partial charge < -0.3 is 15.2 Å². The topological polar surface area (TPSA) is 91.8 Å². The maximum Gasteiger partial charge on any atom is 0.408 e. The van der Waals surface area contributed by atoms with Crippen LogP contribution in [0.15, 0.2) is 11.6 Å². The van der Waals surface area contributed by atoms with Crippen LogP contribution >= 0.6 is 11.3 Å². The van der Waals surface area contributed by atoms with Crippen LogP contribution < -0.4 is 10.2 Å². The van der Waals surface area contributed by atoms with Crippen molar-refractivity contribution in [2.75, 3.05) is 4.90 Å². The number of nitrogens with zero attached hydrogens (tertiary/aromatic N) is 2. The summed E-state index contributed by atoms with van der Waals surface area (Å²) in [5, 5.41) is 15.1. The average Bonchev–Trinajstić information content (AvgIpc) is 3.05. The highest BCUT2D eigenvalue weighted by molar-refractivity contribution is 7.13. The monoisotopic (exact) mass is 427 g/mol. The fraction of sp³-hybridized carbons (Fsp3) is 0.762. The van der Waals surface area contributed by atoms with E-state index in [-0.39, 0.29) is 11.9 Å². The summed E-state index contributed by atoms with van der Waals surface area (Å²) in [6.07, 6.45) is 4.46. The zero-order valence-corrected chi connectivity index (χ0v) is 19.6. The van der Waals surface area contributed by atoms with Crippen molar-refractivity contribution in [1.29, 1.82) is 0 Å². The number of carbonyl (C=O) groups excluding carboxylic acids is 2. The highest BCUT2D eigenvalue weighted by Crippen LogP contribution is 2.25. The first kappa shape index (κ1) is 25.4. The smallest absolute Gasteiger partial charge is 0.408 e. The van der Waals surface area contributed by atoms with Gasteiger partial charge in [-0.15, -0.1) is 11.3 Å². The van der Waals surface area contributed by atoms with Crippen molar-refractivity contribution in [2.45, 2.75) is 104 Å². The Kier molecular flexibility index (Phi) is 9.55. The van der Waals surface area contributed by atoms with E-state index >= 15 is 0 Å². The molecular formula is C21H37N3O4S. The summed E-state index contributed by atoms with van der Waals surface area (Å²) < 4.78 is 5.34. The standard InChI is InChI=1S/C21H37N3O4S/c1-8-10-16(23-19(26)28-20(3,4)5)17(25)24(18-22-13-14-29-18)15(2)11-9-12-21(6,7)27/h13-16,27H,8-12H2,1-7H3,(H,23,26). The van der Waals surface area contributed by atoms with Crippen LogP contribution in [0.5, 0.6) is 0 Å². The molecule has 29 heavy (non-hydrogen) atoms. The van der Waals surface area contributed by atoms with E-state index in [0.717, 1.165) is 19.3 Å². The number of nitrogens with one attached hydrogen (secondary N) is 1. The van der Waals surface area contributed by atoms with E-state index in [1.165, 1.54) is 11.3 Å². The molecule has 2 unspecified atom stereocenters. The molecule has 0 saturated carbocycles. The third-order valence-electron chi connectivity index (χ3n) is 4.28. The van der Waals surface area contributed by atoms with Crippen LogP contribution in [0.2, 0.25) is 0 Å².